The van der Waals surface area contributed by atoms with Gasteiger partial charge in [0.25, 0.3) is 0 Å². The number of halogens is 1. The molecule has 0 spiro atoms. The number of hydrogen-bond acceptors (Lipinski definition) is 4. The smallest absolute Gasteiger partial charge is 0.242 e. The molecule has 1 aliphatic rings. The molecule has 6 nitrogen and oxygen atoms in total. The van der Waals surface area contributed by atoms with Crippen LogP contribution in [0.2, 0.25) is 5.02 Å². The highest BCUT2D eigenvalue weighted by Crippen LogP contribution is 2.17. The zero-order chi connectivity index (χ0) is 19.4. The Labute approximate surface area is 166 Å². The second-order valence-corrected chi connectivity index (χ2v) is 7.80. The van der Waals surface area contributed by atoms with Crippen molar-refractivity contribution in [1.82, 2.24) is 19.6 Å². The third-order valence-electron chi connectivity index (χ3n) is 5.04. The standard InChI is InChI=1S/C20H28ClN5O/c1-15(2)26-19(7-8-22-26)23-20(27)16(3)25-11-9-24(10-12-25)14-17-5-4-6-18(21)13-17/h4-8,13,15-16H,9-12,14H2,1-3H3,(H,23,27). The Morgan fingerprint density at radius 2 is 1.93 bits per heavy atom. The lowest BCUT2D eigenvalue weighted by molar-refractivity contribution is -0.121. The summed E-state index contributed by atoms with van der Waals surface area (Å²) in [4.78, 5) is 17.3. The molecule has 0 aliphatic carbocycles. The van der Waals surface area contributed by atoms with Crippen molar-refractivity contribution in [2.75, 3.05) is 31.5 Å². The van der Waals surface area contributed by atoms with Gasteiger partial charge in [0.05, 0.1) is 12.2 Å². The third kappa shape index (κ3) is 5.09. The number of nitrogens with one attached hydrogen (secondary N) is 1. The Hall–Kier alpha value is -1.89. The number of carbonyl (C=O) groups is 1. The number of benzene rings is 1. The van der Waals surface area contributed by atoms with Gasteiger partial charge in [0.1, 0.15) is 5.82 Å². The van der Waals surface area contributed by atoms with Crippen LogP contribution in [-0.4, -0.2) is 57.7 Å². The Balaban J connectivity index is 1.51. The predicted octanol–water partition coefficient (Wildman–Crippen LogP) is 3.26. The van der Waals surface area contributed by atoms with E-state index in [1.165, 1.54) is 5.56 Å². The molecule has 7 heteroatoms. The zero-order valence-corrected chi connectivity index (χ0v) is 17.0. The van der Waals surface area contributed by atoms with Gasteiger partial charge in [-0.2, -0.15) is 5.10 Å². The van der Waals surface area contributed by atoms with Crippen LogP contribution in [-0.2, 0) is 11.3 Å². The number of piperazine rings is 1. The Morgan fingerprint density at radius 1 is 1.19 bits per heavy atom. The van der Waals surface area contributed by atoms with Crippen molar-refractivity contribution < 1.29 is 4.79 Å². The molecule has 2 heterocycles. The number of nitrogens with zero attached hydrogens (tertiary/aromatic N) is 4. The molecule has 27 heavy (non-hydrogen) atoms. The van der Waals surface area contributed by atoms with E-state index >= 15 is 0 Å². The SMILES string of the molecule is CC(C(=O)Nc1ccnn1C(C)C)N1CCN(Cc2cccc(Cl)c2)CC1. The third-order valence-corrected chi connectivity index (χ3v) is 5.28. The van der Waals surface area contributed by atoms with E-state index < -0.39 is 0 Å². The first-order valence-corrected chi connectivity index (χ1v) is 9.87. The first-order valence-electron chi connectivity index (χ1n) is 9.49. The molecule has 2 aromatic rings. The van der Waals surface area contributed by atoms with Crippen LogP contribution < -0.4 is 5.32 Å². The van der Waals surface area contributed by atoms with Gasteiger partial charge >= 0.3 is 0 Å². The van der Waals surface area contributed by atoms with Crippen LogP contribution in [0.1, 0.15) is 32.4 Å². The Bertz CT molecular complexity index is 767. The van der Waals surface area contributed by atoms with Crippen molar-refractivity contribution in [3.05, 3.63) is 47.1 Å². The molecular formula is C20H28ClN5O. The van der Waals surface area contributed by atoms with E-state index in [1.807, 2.05) is 49.7 Å². The van der Waals surface area contributed by atoms with Gasteiger partial charge in [-0.25, -0.2) is 4.68 Å². The highest BCUT2D eigenvalue weighted by Gasteiger charge is 2.26. The molecule has 1 aromatic heterocycles. The van der Waals surface area contributed by atoms with E-state index in [9.17, 15) is 4.79 Å². The fourth-order valence-corrected chi connectivity index (χ4v) is 3.64. The lowest BCUT2D eigenvalue weighted by Gasteiger charge is -2.37. The number of amides is 1. The summed E-state index contributed by atoms with van der Waals surface area (Å²) < 4.78 is 1.83. The molecule has 1 unspecified atom stereocenters. The van der Waals surface area contributed by atoms with Crippen molar-refractivity contribution >= 4 is 23.3 Å². The lowest BCUT2D eigenvalue weighted by atomic mass is 10.1. The number of aromatic nitrogens is 2. The van der Waals surface area contributed by atoms with Crippen LogP contribution in [0.3, 0.4) is 0 Å². The molecule has 1 atom stereocenters. The van der Waals surface area contributed by atoms with Crippen molar-refractivity contribution in [2.24, 2.45) is 0 Å². The molecule has 0 bridgehead atoms. The second-order valence-electron chi connectivity index (χ2n) is 7.36. The quantitative estimate of drug-likeness (QED) is 0.823. The maximum Gasteiger partial charge on any atom is 0.242 e. The number of rotatable bonds is 6. The maximum atomic E-state index is 12.7. The highest BCUT2D eigenvalue weighted by molar-refractivity contribution is 6.30. The largest absolute Gasteiger partial charge is 0.310 e. The van der Waals surface area contributed by atoms with Gasteiger partial charge < -0.3 is 5.32 Å². The van der Waals surface area contributed by atoms with Gasteiger partial charge in [0, 0.05) is 49.9 Å². The number of carbonyl (C=O) groups excluding carboxylic acids is 1. The summed E-state index contributed by atoms with van der Waals surface area (Å²) in [7, 11) is 0. The summed E-state index contributed by atoms with van der Waals surface area (Å²) in [5.41, 5.74) is 1.23. The van der Waals surface area contributed by atoms with Crippen molar-refractivity contribution in [3.63, 3.8) is 0 Å². The van der Waals surface area contributed by atoms with Crippen molar-refractivity contribution in [3.8, 4) is 0 Å². The number of anilines is 1. The van der Waals surface area contributed by atoms with E-state index in [0.717, 1.165) is 43.6 Å². The average molecular weight is 390 g/mol. The summed E-state index contributed by atoms with van der Waals surface area (Å²) in [6, 6.07) is 9.88. The Morgan fingerprint density at radius 3 is 2.59 bits per heavy atom. The molecule has 3 rings (SSSR count). The molecule has 0 saturated carbocycles. The van der Waals surface area contributed by atoms with Gasteiger partial charge in [-0.05, 0) is 38.5 Å². The summed E-state index contributed by atoms with van der Waals surface area (Å²) in [6.07, 6.45) is 1.72. The maximum absolute atomic E-state index is 12.7. The normalized spacial score (nSPS) is 17.2. The van der Waals surface area contributed by atoms with Gasteiger partial charge in [-0.15, -0.1) is 0 Å². The highest BCUT2D eigenvalue weighted by atomic mass is 35.5. The fourth-order valence-electron chi connectivity index (χ4n) is 3.42. The minimum atomic E-state index is -0.172. The van der Waals surface area contributed by atoms with E-state index in [4.69, 9.17) is 11.6 Å². The van der Waals surface area contributed by atoms with Crippen LogP contribution in [0.15, 0.2) is 36.5 Å². The number of hydrogen-bond donors (Lipinski definition) is 1. The van der Waals surface area contributed by atoms with Crippen molar-refractivity contribution in [2.45, 2.75) is 39.4 Å². The molecule has 0 radical (unpaired) electrons. The van der Waals surface area contributed by atoms with Crippen LogP contribution in [0.5, 0.6) is 0 Å². The first kappa shape index (κ1) is 19.9. The molecular weight excluding hydrogens is 362 g/mol. The molecule has 146 valence electrons. The van der Waals surface area contributed by atoms with Gasteiger partial charge in [0.15, 0.2) is 0 Å². The van der Waals surface area contributed by atoms with Gasteiger partial charge in [-0.3, -0.25) is 14.6 Å². The summed E-state index contributed by atoms with van der Waals surface area (Å²) >= 11 is 6.07. The minimum absolute atomic E-state index is 0.0145. The van der Waals surface area contributed by atoms with Crippen LogP contribution in [0.4, 0.5) is 5.82 Å². The van der Waals surface area contributed by atoms with Crippen molar-refractivity contribution in [1.29, 1.82) is 0 Å². The van der Waals surface area contributed by atoms with Crippen LogP contribution in [0.25, 0.3) is 0 Å². The van der Waals surface area contributed by atoms with Crippen LogP contribution in [0, 0.1) is 0 Å². The second kappa shape index (κ2) is 8.87. The van der Waals surface area contributed by atoms with Gasteiger partial charge in [-0.1, -0.05) is 23.7 Å². The molecule has 1 aromatic carbocycles. The molecule has 1 amide bonds. The minimum Gasteiger partial charge on any atom is -0.310 e. The van der Waals surface area contributed by atoms with Crippen LogP contribution >= 0.6 is 11.6 Å². The van der Waals surface area contributed by atoms with E-state index in [1.54, 1.807) is 6.20 Å². The monoisotopic (exact) mass is 389 g/mol. The van der Waals surface area contributed by atoms with E-state index in [-0.39, 0.29) is 18.0 Å². The summed E-state index contributed by atoms with van der Waals surface area (Å²) in [5.74, 6) is 0.766. The fraction of sp³-hybridized carbons (Fsp3) is 0.500. The molecule has 1 aliphatic heterocycles. The zero-order valence-electron chi connectivity index (χ0n) is 16.2. The topological polar surface area (TPSA) is 53.4 Å². The average Bonchev–Trinajstić information content (AvgIpc) is 3.10. The summed E-state index contributed by atoms with van der Waals surface area (Å²) in [5, 5.41) is 8.06. The molecule has 1 N–H and O–H groups in total. The Kier molecular flexibility index (Phi) is 6.52. The predicted molar refractivity (Wildman–Crippen MR) is 109 cm³/mol. The van der Waals surface area contributed by atoms with E-state index in [0.29, 0.717) is 0 Å². The van der Waals surface area contributed by atoms with Gasteiger partial charge in [0.2, 0.25) is 5.91 Å². The lowest BCUT2D eigenvalue weighted by Crippen LogP contribution is -2.52. The first-order chi connectivity index (χ1) is 12.9. The molecule has 1 saturated heterocycles. The van der Waals surface area contributed by atoms with E-state index in [2.05, 4.69) is 26.3 Å². The summed E-state index contributed by atoms with van der Waals surface area (Å²) in [6.45, 7) is 10.6. The molecule has 1 fully saturated rings.